The molecule has 3 rings (SSSR count). The first-order valence-corrected chi connectivity index (χ1v) is 8.58. The Morgan fingerprint density at radius 3 is 1.96 bits per heavy atom. The van der Waals surface area contributed by atoms with Gasteiger partial charge >= 0.3 is 5.97 Å². The minimum atomic E-state index is -0.362. The number of methoxy groups -OCH3 is 4. The lowest BCUT2D eigenvalue weighted by atomic mass is 9.81. The highest BCUT2D eigenvalue weighted by atomic mass is 16.5. The van der Waals surface area contributed by atoms with Crippen molar-refractivity contribution in [3.05, 3.63) is 52.1 Å². The lowest BCUT2D eigenvalue weighted by molar-refractivity contribution is -0.140. The molecule has 0 saturated heterocycles. The molecule has 0 heterocycles. The molecule has 28 heavy (non-hydrogen) atoms. The number of fused-ring (bicyclic) bond motifs is 2. The molecule has 2 aromatic carbocycles. The molecule has 1 aliphatic rings. The molecule has 0 N–H and O–H groups in total. The van der Waals surface area contributed by atoms with Gasteiger partial charge in [0, 0.05) is 23.6 Å². The van der Waals surface area contributed by atoms with Crippen molar-refractivity contribution in [2.75, 3.05) is 28.4 Å². The number of ketones is 2. The maximum atomic E-state index is 13.2. The average molecular weight is 384 g/mol. The summed E-state index contributed by atoms with van der Waals surface area (Å²) in [5.41, 5.74) is 1.50. The van der Waals surface area contributed by atoms with E-state index in [9.17, 15) is 14.4 Å². The summed E-state index contributed by atoms with van der Waals surface area (Å²) >= 11 is 0. The molecule has 7 nitrogen and oxygen atoms in total. The van der Waals surface area contributed by atoms with E-state index in [0.717, 1.165) is 0 Å². The SMILES string of the molecule is COC(=O)CCc1cc(OC)c2c(c1)C(=O)c1cc(OC)cc(OC)c1C2=O. The van der Waals surface area contributed by atoms with Crippen LogP contribution in [0.3, 0.4) is 0 Å². The molecule has 0 amide bonds. The first-order chi connectivity index (χ1) is 13.4. The van der Waals surface area contributed by atoms with Crippen molar-refractivity contribution in [3.63, 3.8) is 0 Å². The lowest BCUT2D eigenvalue weighted by Crippen LogP contribution is -2.23. The molecule has 0 spiro atoms. The fraction of sp³-hybridized carbons (Fsp3) is 0.286. The Balaban J connectivity index is 2.16. The third-order valence-electron chi connectivity index (χ3n) is 4.70. The van der Waals surface area contributed by atoms with Crippen molar-refractivity contribution in [1.82, 2.24) is 0 Å². The Bertz CT molecular complexity index is 975. The van der Waals surface area contributed by atoms with Crippen molar-refractivity contribution in [2.45, 2.75) is 12.8 Å². The Morgan fingerprint density at radius 1 is 0.786 bits per heavy atom. The molecule has 0 aromatic heterocycles. The number of carbonyl (C=O) groups is 3. The Hall–Kier alpha value is -3.35. The molecule has 0 saturated carbocycles. The summed E-state index contributed by atoms with van der Waals surface area (Å²) in [6.45, 7) is 0. The fourth-order valence-corrected chi connectivity index (χ4v) is 3.29. The van der Waals surface area contributed by atoms with Crippen LogP contribution in [0.15, 0.2) is 24.3 Å². The molecule has 146 valence electrons. The van der Waals surface area contributed by atoms with Gasteiger partial charge in [-0.2, -0.15) is 0 Å². The first-order valence-electron chi connectivity index (χ1n) is 8.58. The van der Waals surface area contributed by atoms with Crippen LogP contribution in [0.2, 0.25) is 0 Å². The lowest BCUT2D eigenvalue weighted by Gasteiger charge is -2.23. The highest BCUT2D eigenvalue weighted by Crippen LogP contribution is 2.40. The number of hydrogen-bond acceptors (Lipinski definition) is 7. The van der Waals surface area contributed by atoms with E-state index >= 15 is 0 Å². The number of esters is 1. The van der Waals surface area contributed by atoms with Gasteiger partial charge in [0.25, 0.3) is 0 Å². The van der Waals surface area contributed by atoms with Gasteiger partial charge in [0.05, 0.1) is 39.6 Å². The summed E-state index contributed by atoms with van der Waals surface area (Å²) in [5, 5.41) is 0. The maximum absolute atomic E-state index is 13.2. The van der Waals surface area contributed by atoms with Crippen LogP contribution in [0, 0.1) is 0 Å². The third kappa shape index (κ3) is 3.19. The van der Waals surface area contributed by atoms with Crippen LogP contribution < -0.4 is 14.2 Å². The van der Waals surface area contributed by atoms with Crippen molar-refractivity contribution in [1.29, 1.82) is 0 Å². The summed E-state index contributed by atoms with van der Waals surface area (Å²) in [7, 11) is 5.64. The summed E-state index contributed by atoms with van der Waals surface area (Å²) in [6.07, 6.45) is 0.505. The standard InChI is InChI=1S/C21H20O7/c1-25-12-9-14-19(16(10-12)27-3)21(24)18-13(20(14)23)7-11(8-15(18)26-2)5-6-17(22)28-4/h7-10H,5-6H2,1-4H3. The van der Waals surface area contributed by atoms with Crippen molar-refractivity contribution < 1.29 is 33.3 Å². The molecular weight excluding hydrogens is 364 g/mol. The van der Waals surface area contributed by atoms with E-state index in [-0.39, 0.29) is 57.7 Å². The average Bonchev–Trinajstić information content (AvgIpc) is 2.73. The van der Waals surface area contributed by atoms with E-state index in [2.05, 4.69) is 4.74 Å². The predicted molar refractivity (Wildman–Crippen MR) is 99.7 cm³/mol. The molecular formula is C21H20O7. The van der Waals surface area contributed by atoms with E-state index < -0.39 is 0 Å². The Kier molecular flexibility index (Phi) is 5.35. The van der Waals surface area contributed by atoms with Crippen LogP contribution >= 0.6 is 0 Å². The van der Waals surface area contributed by atoms with Crippen molar-refractivity contribution in [3.8, 4) is 17.2 Å². The highest BCUT2D eigenvalue weighted by Gasteiger charge is 2.36. The second kappa shape index (κ2) is 7.72. The van der Waals surface area contributed by atoms with Crippen LogP contribution in [-0.2, 0) is 16.0 Å². The highest BCUT2D eigenvalue weighted by molar-refractivity contribution is 6.30. The van der Waals surface area contributed by atoms with E-state index in [0.29, 0.717) is 17.7 Å². The first kappa shape index (κ1) is 19.4. The molecule has 0 aliphatic heterocycles. The predicted octanol–water partition coefficient (Wildman–Crippen LogP) is 2.59. The van der Waals surface area contributed by atoms with Crippen LogP contribution in [0.5, 0.6) is 17.2 Å². The second-order valence-electron chi connectivity index (χ2n) is 6.21. The Morgan fingerprint density at radius 2 is 1.39 bits per heavy atom. The molecule has 0 radical (unpaired) electrons. The summed E-state index contributed by atoms with van der Waals surface area (Å²) in [5.74, 6) is -0.109. The summed E-state index contributed by atoms with van der Waals surface area (Å²) in [4.78, 5) is 37.9. The normalized spacial score (nSPS) is 12.1. The minimum absolute atomic E-state index is 0.152. The monoisotopic (exact) mass is 384 g/mol. The largest absolute Gasteiger partial charge is 0.497 e. The Labute approximate surface area is 162 Å². The second-order valence-corrected chi connectivity index (χ2v) is 6.21. The van der Waals surface area contributed by atoms with Gasteiger partial charge in [-0.05, 0) is 30.2 Å². The van der Waals surface area contributed by atoms with E-state index in [1.165, 1.54) is 34.5 Å². The molecule has 0 unspecified atom stereocenters. The third-order valence-corrected chi connectivity index (χ3v) is 4.70. The zero-order chi connectivity index (χ0) is 20.4. The zero-order valence-electron chi connectivity index (χ0n) is 16.1. The molecule has 7 heteroatoms. The number of aryl methyl sites for hydroxylation is 1. The van der Waals surface area contributed by atoms with Gasteiger partial charge in [0.15, 0.2) is 5.78 Å². The minimum Gasteiger partial charge on any atom is -0.497 e. The maximum Gasteiger partial charge on any atom is 0.305 e. The van der Waals surface area contributed by atoms with Crippen LogP contribution in [0.1, 0.15) is 43.8 Å². The zero-order valence-corrected chi connectivity index (χ0v) is 16.1. The van der Waals surface area contributed by atoms with Crippen molar-refractivity contribution in [2.24, 2.45) is 0 Å². The quantitative estimate of drug-likeness (QED) is 0.604. The number of rotatable bonds is 6. The van der Waals surface area contributed by atoms with Gasteiger partial charge in [-0.25, -0.2) is 0 Å². The van der Waals surface area contributed by atoms with Gasteiger partial charge in [-0.1, -0.05) is 0 Å². The van der Waals surface area contributed by atoms with E-state index in [4.69, 9.17) is 14.2 Å². The van der Waals surface area contributed by atoms with Crippen molar-refractivity contribution >= 4 is 17.5 Å². The fourth-order valence-electron chi connectivity index (χ4n) is 3.29. The molecule has 0 atom stereocenters. The van der Waals surface area contributed by atoms with E-state index in [1.54, 1.807) is 18.2 Å². The molecule has 0 bridgehead atoms. The topological polar surface area (TPSA) is 88.1 Å². The van der Waals surface area contributed by atoms with Crippen LogP contribution in [0.4, 0.5) is 0 Å². The molecule has 0 fully saturated rings. The summed E-state index contributed by atoms with van der Waals surface area (Å²) < 4.78 is 20.6. The number of hydrogen-bond donors (Lipinski definition) is 0. The van der Waals surface area contributed by atoms with E-state index in [1.807, 2.05) is 0 Å². The molecule has 1 aliphatic carbocycles. The van der Waals surface area contributed by atoms with Gasteiger partial charge in [0.2, 0.25) is 5.78 Å². The summed E-state index contributed by atoms with van der Waals surface area (Å²) in [6, 6.07) is 6.37. The number of benzene rings is 2. The van der Waals surface area contributed by atoms with Gasteiger partial charge in [0.1, 0.15) is 17.2 Å². The van der Waals surface area contributed by atoms with Crippen LogP contribution in [-0.4, -0.2) is 46.0 Å². The number of carbonyl (C=O) groups excluding carboxylic acids is 3. The number of ether oxygens (including phenoxy) is 4. The smallest absolute Gasteiger partial charge is 0.305 e. The van der Waals surface area contributed by atoms with Crippen LogP contribution in [0.25, 0.3) is 0 Å². The van der Waals surface area contributed by atoms with Gasteiger partial charge in [-0.3, -0.25) is 14.4 Å². The van der Waals surface area contributed by atoms with Gasteiger partial charge < -0.3 is 18.9 Å². The molecule has 2 aromatic rings. The van der Waals surface area contributed by atoms with Gasteiger partial charge in [-0.15, -0.1) is 0 Å².